The second-order valence-corrected chi connectivity index (χ2v) is 8.20. The molecule has 4 aromatic rings. The summed E-state index contributed by atoms with van der Waals surface area (Å²) in [6.07, 6.45) is 3.16. The van der Waals surface area contributed by atoms with Crippen molar-refractivity contribution in [1.82, 2.24) is 9.78 Å². The molecule has 1 heterocycles. The van der Waals surface area contributed by atoms with Crippen LogP contribution in [0.2, 0.25) is 0 Å². The van der Waals surface area contributed by atoms with Gasteiger partial charge in [-0.2, -0.15) is 15.3 Å². The third kappa shape index (κ3) is 6.82. The van der Waals surface area contributed by atoms with Gasteiger partial charge in [0.05, 0.1) is 37.5 Å². The smallest absolute Gasteiger partial charge is 0.211 e. The highest BCUT2D eigenvalue weighted by Crippen LogP contribution is 2.28. The molecule has 0 unspecified atom stereocenters. The van der Waals surface area contributed by atoms with Crippen LogP contribution in [0.3, 0.4) is 0 Å². The van der Waals surface area contributed by atoms with Crippen molar-refractivity contribution in [2.24, 2.45) is 43.3 Å². The fourth-order valence-electron chi connectivity index (χ4n) is 3.62. The Kier molecular flexibility index (Phi) is 8.09. The Hall–Kier alpha value is -5.45. The third-order valence-electron chi connectivity index (χ3n) is 5.44. The van der Waals surface area contributed by atoms with E-state index < -0.39 is 0 Å². The fourth-order valence-corrected chi connectivity index (χ4v) is 3.62. The molecule has 0 radical (unpaired) electrons. The Morgan fingerprint density at radius 3 is 1.79 bits per heavy atom. The molecule has 11 nitrogen and oxygen atoms in total. The van der Waals surface area contributed by atoms with Crippen molar-refractivity contribution in [3.05, 3.63) is 95.6 Å². The molecule has 1 aromatic heterocycles. The molecule has 38 heavy (non-hydrogen) atoms. The SMILES string of the molecule is COc1ccc(Cn2nc(-c3ccc(/C=N/N=C(N)N)cc3)cc2-c2ccc(/C=N/N=C(N)N)cc2)cc1. The monoisotopic (exact) mass is 508 g/mol. The van der Waals surface area contributed by atoms with Gasteiger partial charge in [0.1, 0.15) is 5.75 Å². The Morgan fingerprint density at radius 1 is 0.763 bits per heavy atom. The van der Waals surface area contributed by atoms with Crippen LogP contribution in [0.1, 0.15) is 16.7 Å². The van der Waals surface area contributed by atoms with Gasteiger partial charge in [0.2, 0.25) is 11.9 Å². The van der Waals surface area contributed by atoms with Crippen LogP contribution < -0.4 is 27.7 Å². The summed E-state index contributed by atoms with van der Waals surface area (Å²) in [5.41, 5.74) is 27.8. The van der Waals surface area contributed by atoms with E-state index in [0.29, 0.717) is 6.54 Å². The molecule has 0 saturated carbocycles. The fraction of sp³-hybridized carbons (Fsp3) is 0.0741. The van der Waals surface area contributed by atoms with Gasteiger partial charge in [-0.15, -0.1) is 10.2 Å². The third-order valence-corrected chi connectivity index (χ3v) is 5.44. The van der Waals surface area contributed by atoms with Crippen LogP contribution in [0, 0.1) is 0 Å². The van der Waals surface area contributed by atoms with Gasteiger partial charge in [-0.1, -0.05) is 60.7 Å². The van der Waals surface area contributed by atoms with E-state index in [4.69, 9.17) is 32.8 Å². The molecular formula is C27H28N10O. The van der Waals surface area contributed by atoms with Gasteiger partial charge in [0.25, 0.3) is 0 Å². The van der Waals surface area contributed by atoms with Crippen molar-refractivity contribution in [3.8, 4) is 28.3 Å². The molecule has 3 aromatic carbocycles. The average Bonchev–Trinajstić information content (AvgIpc) is 3.33. The first-order chi connectivity index (χ1) is 18.4. The van der Waals surface area contributed by atoms with E-state index in [1.807, 2.05) is 77.5 Å². The van der Waals surface area contributed by atoms with Crippen LogP contribution in [-0.4, -0.2) is 41.2 Å². The van der Waals surface area contributed by atoms with Crippen LogP contribution in [0.15, 0.2) is 99.3 Å². The number of nitrogens with zero attached hydrogens (tertiary/aromatic N) is 6. The molecule has 192 valence electrons. The minimum absolute atomic E-state index is 0.0955. The Balaban J connectivity index is 1.66. The summed E-state index contributed by atoms with van der Waals surface area (Å²) in [7, 11) is 1.65. The highest BCUT2D eigenvalue weighted by Gasteiger charge is 2.13. The van der Waals surface area contributed by atoms with Gasteiger partial charge in [0, 0.05) is 5.56 Å². The largest absolute Gasteiger partial charge is 0.497 e. The number of guanidine groups is 2. The van der Waals surface area contributed by atoms with Crippen LogP contribution >= 0.6 is 0 Å². The second kappa shape index (κ2) is 12.0. The topological polar surface area (TPSA) is 181 Å². The minimum Gasteiger partial charge on any atom is -0.497 e. The second-order valence-electron chi connectivity index (χ2n) is 8.20. The number of benzene rings is 3. The molecule has 0 atom stereocenters. The lowest BCUT2D eigenvalue weighted by atomic mass is 10.1. The molecular weight excluding hydrogens is 480 g/mol. The summed E-state index contributed by atoms with van der Waals surface area (Å²) in [5, 5.41) is 19.9. The van der Waals surface area contributed by atoms with Crippen LogP contribution in [0.4, 0.5) is 0 Å². The zero-order valence-corrected chi connectivity index (χ0v) is 20.8. The zero-order chi connectivity index (χ0) is 26.9. The number of aromatic nitrogens is 2. The summed E-state index contributed by atoms with van der Waals surface area (Å²) in [5.74, 6) is 0.611. The van der Waals surface area contributed by atoms with E-state index >= 15 is 0 Å². The van der Waals surface area contributed by atoms with E-state index in [1.54, 1.807) is 19.5 Å². The quantitative estimate of drug-likeness (QED) is 0.153. The lowest BCUT2D eigenvalue weighted by Crippen LogP contribution is -2.21. The normalized spacial score (nSPS) is 11.1. The Morgan fingerprint density at radius 2 is 1.29 bits per heavy atom. The molecule has 0 fully saturated rings. The number of hydrogen-bond acceptors (Lipinski definition) is 6. The van der Waals surface area contributed by atoms with E-state index in [1.165, 1.54) is 0 Å². The molecule has 0 saturated heterocycles. The maximum atomic E-state index is 5.32. The van der Waals surface area contributed by atoms with Crippen molar-refractivity contribution >= 4 is 24.3 Å². The predicted molar refractivity (Wildman–Crippen MR) is 152 cm³/mol. The van der Waals surface area contributed by atoms with Crippen molar-refractivity contribution in [2.45, 2.75) is 6.54 Å². The molecule has 0 aliphatic heterocycles. The highest BCUT2D eigenvalue weighted by molar-refractivity contribution is 5.84. The summed E-state index contributed by atoms with van der Waals surface area (Å²) in [6, 6.07) is 25.7. The number of rotatable bonds is 9. The van der Waals surface area contributed by atoms with E-state index in [0.717, 1.165) is 45.0 Å². The van der Waals surface area contributed by atoms with Crippen molar-refractivity contribution in [1.29, 1.82) is 0 Å². The van der Waals surface area contributed by atoms with Crippen molar-refractivity contribution in [2.75, 3.05) is 7.11 Å². The van der Waals surface area contributed by atoms with E-state index in [9.17, 15) is 0 Å². The maximum absolute atomic E-state index is 5.32. The van der Waals surface area contributed by atoms with Gasteiger partial charge in [-0.05, 0) is 40.5 Å². The van der Waals surface area contributed by atoms with Gasteiger partial charge < -0.3 is 27.7 Å². The lowest BCUT2D eigenvalue weighted by molar-refractivity contribution is 0.414. The lowest BCUT2D eigenvalue weighted by Gasteiger charge is -2.09. The van der Waals surface area contributed by atoms with Crippen LogP contribution in [0.5, 0.6) is 5.75 Å². The molecule has 0 aliphatic rings. The average molecular weight is 509 g/mol. The van der Waals surface area contributed by atoms with Gasteiger partial charge in [-0.25, -0.2) is 0 Å². The first kappa shape index (κ1) is 25.6. The first-order valence-electron chi connectivity index (χ1n) is 11.6. The summed E-state index contributed by atoms with van der Waals surface area (Å²) >= 11 is 0. The summed E-state index contributed by atoms with van der Waals surface area (Å²) < 4.78 is 7.27. The molecule has 8 N–H and O–H groups in total. The van der Waals surface area contributed by atoms with Crippen molar-refractivity contribution < 1.29 is 4.74 Å². The molecule has 11 heteroatoms. The standard InChI is InChI=1S/C27H28N10O/c1-38-23-12-6-20(7-13-23)17-37-25(22-10-4-19(5-11-22)16-33-35-27(30)31)14-24(36-37)21-8-2-18(3-9-21)15-32-34-26(28)29/h2-16H,17H2,1H3,(H4,28,29,34)(H4,30,31,35)/b32-15+,33-16+. The Labute approximate surface area is 219 Å². The number of ether oxygens (including phenoxy) is 1. The first-order valence-corrected chi connectivity index (χ1v) is 11.6. The Bertz CT molecular complexity index is 1470. The summed E-state index contributed by atoms with van der Waals surface area (Å²) in [6.45, 7) is 0.580. The van der Waals surface area contributed by atoms with E-state index in [-0.39, 0.29) is 11.9 Å². The van der Waals surface area contributed by atoms with E-state index in [2.05, 4.69) is 26.5 Å². The zero-order valence-electron chi connectivity index (χ0n) is 20.8. The van der Waals surface area contributed by atoms with Crippen LogP contribution in [-0.2, 0) is 6.54 Å². The molecule has 4 rings (SSSR count). The number of hydrogen-bond donors (Lipinski definition) is 4. The maximum Gasteiger partial charge on any atom is 0.211 e. The minimum atomic E-state index is -0.0955. The van der Waals surface area contributed by atoms with Gasteiger partial charge in [0.15, 0.2) is 0 Å². The van der Waals surface area contributed by atoms with Crippen molar-refractivity contribution in [3.63, 3.8) is 0 Å². The predicted octanol–water partition coefficient (Wildman–Crippen LogP) is 2.49. The van der Waals surface area contributed by atoms with Crippen LogP contribution in [0.25, 0.3) is 22.5 Å². The van der Waals surface area contributed by atoms with Gasteiger partial charge >= 0.3 is 0 Å². The number of methoxy groups -OCH3 is 1. The summed E-state index contributed by atoms with van der Waals surface area (Å²) in [4.78, 5) is 0. The molecule has 0 spiro atoms. The molecule has 0 amide bonds. The molecule has 0 aliphatic carbocycles. The highest BCUT2D eigenvalue weighted by atomic mass is 16.5. The number of nitrogens with two attached hydrogens (primary N) is 4. The molecule has 0 bridgehead atoms. The van der Waals surface area contributed by atoms with Gasteiger partial charge in [-0.3, -0.25) is 4.68 Å².